The zero-order valence-electron chi connectivity index (χ0n) is 19.1. The zero-order valence-corrected chi connectivity index (χ0v) is 19.8. The van der Waals surface area contributed by atoms with E-state index >= 15 is 0 Å². The van der Waals surface area contributed by atoms with E-state index in [1.54, 1.807) is 18.5 Å². The molecule has 4 rings (SSSR count). The molecule has 2 aromatic heterocycles. The van der Waals surface area contributed by atoms with Gasteiger partial charge in [-0.05, 0) is 38.7 Å². The summed E-state index contributed by atoms with van der Waals surface area (Å²) in [6.45, 7) is 8.11. The summed E-state index contributed by atoms with van der Waals surface area (Å²) in [6, 6.07) is 1.72. The third-order valence-electron chi connectivity index (χ3n) is 5.89. The molecule has 9 nitrogen and oxygen atoms in total. The van der Waals surface area contributed by atoms with Gasteiger partial charge in [-0.2, -0.15) is 0 Å². The van der Waals surface area contributed by atoms with Crippen molar-refractivity contribution in [3.63, 3.8) is 0 Å². The van der Waals surface area contributed by atoms with Crippen molar-refractivity contribution in [3.05, 3.63) is 29.7 Å². The van der Waals surface area contributed by atoms with Crippen LogP contribution in [0.4, 0.5) is 11.6 Å². The van der Waals surface area contributed by atoms with E-state index in [4.69, 9.17) is 21.1 Å². The number of hydrogen-bond acceptors (Lipinski definition) is 8. The molecule has 2 aliphatic rings. The lowest BCUT2D eigenvalue weighted by Gasteiger charge is -2.35. The molecule has 178 valence electrons. The maximum atomic E-state index is 12.6. The third kappa shape index (κ3) is 6.60. The number of carbonyl (C=O) groups is 1. The molecule has 10 heteroatoms. The van der Waals surface area contributed by atoms with Crippen molar-refractivity contribution in [2.45, 2.75) is 32.3 Å². The Kier molecular flexibility index (Phi) is 7.75. The van der Waals surface area contributed by atoms with Crippen molar-refractivity contribution in [2.75, 3.05) is 50.1 Å². The summed E-state index contributed by atoms with van der Waals surface area (Å²) in [4.78, 5) is 25.9. The Morgan fingerprint density at radius 2 is 2.15 bits per heavy atom. The SMILES string of the molecule is CC1(C)CC(CNc2cncc(-c3cc(NC(=O)[C@H]4CNCCOC4)ncc3Cl)n2)CCO1. The highest BCUT2D eigenvalue weighted by atomic mass is 35.5. The van der Waals surface area contributed by atoms with E-state index in [-0.39, 0.29) is 17.4 Å². The second-order valence-electron chi connectivity index (χ2n) is 9.15. The molecule has 0 radical (unpaired) electrons. The largest absolute Gasteiger partial charge is 0.379 e. The lowest BCUT2D eigenvalue weighted by Crippen LogP contribution is -2.36. The molecule has 0 aromatic carbocycles. The normalized spacial score (nSPS) is 22.9. The number of halogens is 1. The van der Waals surface area contributed by atoms with Crippen LogP contribution in [-0.2, 0) is 14.3 Å². The molecule has 2 aromatic rings. The monoisotopic (exact) mass is 474 g/mol. The number of ether oxygens (including phenoxy) is 2. The van der Waals surface area contributed by atoms with Gasteiger partial charge in [-0.1, -0.05) is 11.6 Å². The van der Waals surface area contributed by atoms with Crippen molar-refractivity contribution in [1.82, 2.24) is 20.3 Å². The lowest BCUT2D eigenvalue weighted by molar-refractivity contribution is -0.121. The molecule has 0 spiro atoms. The maximum Gasteiger partial charge on any atom is 0.232 e. The van der Waals surface area contributed by atoms with Crippen LogP contribution in [0.5, 0.6) is 0 Å². The molecule has 2 saturated heterocycles. The lowest BCUT2D eigenvalue weighted by atomic mass is 9.88. The number of carbonyl (C=O) groups excluding carboxylic acids is 1. The van der Waals surface area contributed by atoms with Crippen molar-refractivity contribution in [1.29, 1.82) is 0 Å². The predicted octanol–water partition coefficient (Wildman–Crippen LogP) is 2.98. The van der Waals surface area contributed by atoms with Crippen LogP contribution in [-0.4, -0.2) is 65.9 Å². The number of nitrogens with one attached hydrogen (secondary N) is 3. The number of nitrogens with zero attached hydrogens (tertiary/aromatic N) is 3. The smallest absolute Gasteiger partial charge is 0.232 e. The van der Waals surface area contributed by atoms with E-state index in [0.717, 1.165) is 32.5 Å². The molecule has 33 heavy (non-hydrogen) atoms. The number of aromatic nitrogens is 3. The highest BCUT2D eigenvalue weighted by molar-refractivity contribution is 6.33. The van der Waals surface area contributed by atoms with Crippen LogP contribution >= 0.6 is 11.6 Å². The van der Waals surface area contributed by atoms with E-state index in [2.05, 4.69) is 44.7 Å². The van der Waals surface area contributed by atoms with Gasteiger partial charge >= 0.3 is 0 Å². The third-order valence-corrected chi connectivity index (χ3v) is 6.19. The average Bonchev–Trinajstić information content (AvgIpc) is 3.08. The van der Waals surface area contributed by atoms with Gasteiger partial charge < -0.3 is 25.4 Å². The molecule has 1 unspecified atom stereocenters. The molecule has 2 atom stereocenters. The Hall–Kier alpha value is -2.33. The predicted molar refractivity (Wildman–Crippen MR) is 127 cm³/mol. The molecular weight excluding hydrogens is 444 g/mol. The molecule has 2 aliphatic heterocycles. The minimum Gasteiger partial charge on any atom is -0.379 e. The second-order valence-corrected chi connectivity index (χ2v) is 9.56. The molecule has 0 saturated carbocycles. The zero-order chi connectivity index (χ0) is 23.3. The summed E-state index contributed by atoms with van der Waals surface area (Å²) in [5.41, 5.74) is 1.16. The van der Waals surface area contributed by atoms with Crippen molar-refractivity contribution >= 4 is 29.1 Å². The summed E-state index contributed by atoms with van der Waals surface area (Å²) in [7, 11) is 0. The minimum atomic E-state index is -0.282. The first kappa shape index (κ1) is 23.8. The first-order valence-corrected chi connectivity index (χ1v) is 11.7. The van der Waals surface area contributed by atoms with Crippen LogP contribution in [0.3, 0.4) is 0 Å². The first-order valence-electron chi connectivity index (χ1n) is 11.3. The van der Waals surface area contributed by atoms with Gasteiger partial charge in [0.25, 0.3) is 0 Å². The molecule has 0 aliphatic carbocycles. The van der Waals surface area contributed by atoms with Gasteiger partial charge in [0.2, 0.25) is 5.91 Å². The molecule has 1 amide bonds. The van der Waals surface area contributed by atoms with Crippen LogP contribution in [0.15, 0.2) is 24.7 Å². The van der Waals surface area contributed by atoms with Crippen molar-refractivity contribution in [2.24, 2.45) is 11.8 Å². The number of amides is 1. The van der Waals surface area contributed by atoms with E-state index in [1.165, 1.54) is 6.20 Å². The topological polar surface area (TPSA) is 110 Å². The highest BCUT2D eigenvalue weighted by Crippen LogP contribution is 2.30. The summed E-state index contributed by atoms with van der Waals surface area (Å²) >= 11 is 6.41. The quantitative estimate of drug-likeness (QED) is 0.586. The second kappa shape index (κ2) is 10.7. The fourth-order valence-electron chi connectivity index (χ4n) is 4.17. The Labute approximate surface area is 199 Å². The van der Waals surface area contributed by atoms with Gasteiger partial charge in [-0.15, -0.1) is 0 Å². The highest BCUT2D eigenvalue weighted by Gasteiger charge is 2.28. The summed E-state index contributed by atoms with van der Waals surface area (Å²) in [5, 5.41) is 9.89. The fourth-order valence-corrected chi connectivity index (χ4v) is 4.37. The molecular formula is C23H31ClN6O3. The molecule has 3 N–H and O–H groups in total. The number of hydrogen-bond donors (Lipinski definition) is 3. The minimum absolute atomic E-state index is 0.0948. The first-order chi connectivity index (χ1) is 15.9. The number of pyridine rings is 1. The van der Waals surface area contributed by atoms with Gasteiger partial charge in [-0.25, -0.2) is 9.97 Å². The van der Waals surface area contributed by atoms with Gasteiger partial charge in [0.05, 0.1) is 47.8 Å². The van der Waals surface area contributed by atoms with Gasteiger partial charge in [0, 0.05) is 38.0 Å². The van der Waals surface area contributed by atoms with Crippen LogP contribution in [0.25, 0.3) is 11.3 Å². The van der Waals surface area contributed by atoms with Gasteiger partial charge in [0.1, 0.15) is 11.6 Å². The van der Waals surface area contributed by atoms with Gasteiger partial charge in [0.15, 0.2) is 0 Å². The Morgan fingerprint density at radius 1 is 1.27 bits per heavy atom. The summed E-state index contributed by atoms with van der Waals surface area (Å²) in [6.07, 6.45) is 6.88. The average molecular weight is 475 g/mol. The van der Waals surface area contributed by atoms with Gasteiger partial charge in [-0.3, -0.25) is 9.78 Å². The van der Waals surface area contributed by atoms with E-state index < -0.39 is 0 Å². The van der Waals surface area contributed by atoms with Crippen LogP contribution in [0.1, 0.15) is 26.7 Å². The van der Waals surface area contributed by atoms with Crippen LogP contribution in [0, 0.1) is 11.8 Å². The van der Waals surface area contributed by atoms with E-state index in [9.17, 15) is 4.79 Å². The van der Waals surface area contributed by atoms with E-state index in [0.29, 0.717) is 53.6 Å². The fraction of sp³-hybridized carbons (Fsp3) is 0.565. The molecule has 0 bridgehead atoms. The number of rotatable bonds is 6. The molecule has 4 heterocycles. The Bertz CT molecular complexity index is 965. The summed E-state index contributed by atoms with van der Waals surface area (Å²) in [5.74, 6) is 1.17. The van der Waals surface area contributed by atoms with Crippen LogP contribution < -0.4 is 16.0 Å². The maximum absolute atomic E-state index is 12.6. The Morgan fingerprint density at radius 3 is 3.00 bits per heavy atom. The van der Waals surface area contributed by atoms with Crippen LogP contribution in [0.2, 0.25) is 5.02 Å². The molecule has 2 fully saturated rings. The summed E-state index contributed by atoms with van der Waals surface area (Å²) < 4.78 is 11.3. The number of anilines is 2. The van der Waals surface area contributed by atoms with E-state index in [1.807, 2.05) is 0 Å². The Balaban J connectivity index is 1.43. The van der Waals surface area contributed by atoms with Crippen molar-refractivity contribution in [3.8, 4) is 11.3 Å². The standard InChI is InChI=1S/C23H31ClN6O3/c1-23(2)8-15(3-5-33-23)9-27-21-13-26-12-19(29-21)17-7-20(28-11-18(17)24)30-22(31)16-10-25-4-6-32-14-16/h7,11-13,15-16,25H,3-6,8-10,14H2,1-2H3,(H,27,29)(H,28,30,31)/t15?,16-/m0/s1. The van der Waals surface area contributed by atoms with Crippen molar-refractivity contribution < 1.29 is 14.3 Å².